The number of halogens is 1. The van der Waals surface area contributed by atoms with Gasteiger partial charge in [0.05, 0.1) is 17.4 Å². The van der Waals surface area contributed by atoms with Crippen LogP contribution < -0.4 is 4.90 Å². The van der Waals surface area contributed by atoms with Gasteiger partial charge in [0, 0.05) is 47.9 Å². The van der Waals surface area contributed by atoms with E-state index < -0.39 is 23.6 Å². The van der Waals surface area contributed by atoms with E-state index in [1.54, 1.807) is 12.3 Å². The molecule has 2 aromatic rings. The molecule has 1 atom stereocenters. The SMILES string of the molecule is CC.CC.Cc1ncc(-c2ccc(F)nc2)c(N2CCC(C)(C)CC2)c1[C@H](OC(C)(C)C)C(=O)OC(C)C. The third-order valence-electron chi connectivity index (χ3n) is 6.06. The molecule has 0 spiro atoms. The fraction of sp³-hybridized carbons (Fsp3) is 0.645. The summed E-state index contributed by atoms with van der Waals surface area (Å²) in [6.45, 7) is 25.5. The first-order valence-electron chi connectivity index (χ1n) is 14.0. The van der Waals surface area contributed by atoms with E-state index in [1.165, 1.54) is 12.3 Å². The van der Waals surface area contributed by atoms with Crippen LogP contribution in [0.15, 0.2) is 24.5 Å². The quantitative estimate of drug-likeness (QED) is 0.277. The van der Waals surface area contributed by atoms with Crippen LogP contribution >= 0.6 is 0 Å². The number of hydrogen-bond acceptors (Lipinski definition) is 6. The maximum atomic E-state index is 13.6. The fourth-order valence-corrected chi connectivity index (χ4v) is 4.22. The van der Waals surface area contributed by atoms with Gasteiger partial charge in [-0.1, -0.05) is 41.5 Å². The first-order chi connectivity index (χ1) is 17.8. The number of carbonyl (C=O) groups excluding carboxylic acids is 1. The van der Waals surface area contributed by atoms with Crippen molar-refractivity contribution >= 4 is 11.7 Å². The largest absolute Gasteiger partial charge is 0.461 e. The van der Waals surface area contributed by atoms with E-state index in [0.29, 0.717) is 11.3 Å². The number of nitrogens with zero attached hydrogens (tertiary/aromatic N) is 3. The molecular weight excluding hydrogens is 481 g/mol. The second-order valence-corrected chi connectivity index (χ2v) is 11.1. The number of aromatic nitrogens is 2. The van der Waals surface area contributed by atoms with Gasteiger partial charge in [-0.05, 0) is 71.9 Å². The molecule has 0 N–H and O–H groups in total. The molecule has 0 saturated carbocycles. The summed E-state index contributed by atoms with van der Waals surface area (Å²) in [6.07, 6.45) is 4.08. The number of anilines is 1. The second-order valence-electron chi connectivity index (χ2n) is 11.1. The van der Waals surface area contributed by atoms with Crippen LogP contribution in [0.1, 0.15) is 106 Å². The van der Waals surface area contributed by atoms with E-state index in [9.17, 15) is 9.18 Å². The Morgan fingerprint density at radius 3 is 2.08 bits per heavy atom. The average Bonchev–Trinajstić information content (AvgIpc) is 2.85. The van der Waals surface area contributed by atoms with E-state index in [4.69, 9.17) is 9.47 Å². The molecule has 0 unspecified atom stereocenters. The number of esters is 1. The molecule has 0 aromatic carbocycles. The molecule has 38 heavy (non-hydrogen) atoms. The molecule has 0 bridgehead atoms. The molecule has 1 saturated heterocycles. The minimum absolute atomic E-state index is 0.244. The number of hydrogen-bond donors (Lipinski definition) is 0. The van der Waals surface area contributed by atoms with Gasteiger partial charge in [-0.15, -0.1) is 0 Å². The minimum atomic E-state index is -0.951. The molecule has 1 aliphatic heterocycles. The maximum absolute atomic E-state index is 13.6. The standard InChI is InChI=1S/C27H38FN3O3.2C2H6/c1-17(2)33-25(32)24(34-26(4,5)6)22-18(3)29-16-20(19-9-10-21(28)30-15-19)23(22)31-13-11-27(7,8)12-14-31;2*1-2/h9-10,15-17,24H,11-14H2,1-8H3;2*1-2H3/t24-;;/m0../s1. The lowest BCUT2D eigenvalue weighted by molar-refractivity contribution is -0.171. The summed E-state index contributed by atoms with van der Waals surface area (Å²) in [7, 11) is 0. The Bertz CT molecular complexity index is 1000. The third kappa shape index (κ3) is 9.33. The summed E-state index contributed by atoms with van der Waals surface area (Å²) in [5.74, 6) is -0.984. The van der Waals surface area contributed by atoms with Crippen LogP contribution in [0, 0.1) is 18.3 Å². The Morgan fingerprint density at radius 1 is 1.03 bits per heavy atom. The van der Waals surface area contributed by atoms with Crippen LogP contribution in [-0.4, -0.2) is 40.7 Å². The Morgan fingerprint density at radius 2 is 1.61 bits per heavy atom. The zero-order chi connectivity index (χ0) is 29.3. The van der Waals surface area contributed by atoms with Crippen LogP contribution in [-0.2, 0) is 14.3 Å². The number of piperidine rings is 1. The van der Waals surface area contributed by atoms with E-state index in [1.807, 2.05) is 69.2 Å². The molecular formula is C31H50FN3O3. The van der Waals surface area contributed by atoms with Crippen molar-refractivity contribution in [2.45, 2.75) is 114 Å². The molecule has 0 radical (unpaired) electrons. The van der Waals surface area contributed by atoms with Crippen LogP contribution in [0.5, 0.6) is 0 Å². The smallest absolute Gasteiger partial charge is 0.340 e. The van der Waals surface area contributed by atoms with Crippen molar-refractivity contribution in [3.8, 4) is 11.1 Å². The summed E-state index contributed by atoms with van der Waals surface area (Å²) in [6, 6.07) is 3.04. The van der Waals surface area contributed by atoms with E-state index in [-0.39, 0.29) is 11.5 Å². The molecule has 2 aromatic heterocycles. The summed E-state index contributed by atoms with van der Waals surface area (Å²) >= 11 is 0. The highest BCUT2D eigenvalue weighted by Gasteiger charge is 2.37. The number of aryl methyl sites for hydroxylation is 1. The lowest BCUT2D eigenvalue weighted by Crippen LogP contribution is -2.39. The topological polar surface area (TPSA) is 64.5 Å². The van der Waals surface area contributed by atoms with Crippen molar-refractivity contribution in [2.75, 3.05) is 18.0 Å². The van der Waals surface area contributed by atoms with Crippen molar-refractivity contribution in [1.82, 2.24) is 9.97 Å². The van der Waals surface area contributed by atoms with Gasteiger partial charge in [-0.2, -0.15) is 4.39 Å². The summed E-state index contributed by atoms with van der Waals surface area (Å²) in [4.78, 5) is 24.2. The minimum Gasteiger partial charge on any atom is -0.461 e. The molecule has 7 heteroatoms. The molecule has 3 rings (SSSR count). The van der Waals surface area contributed by atoms with Crippen molar-refractivity contribution in [3.05, 3.63) is 41.7 Å². The van der Waals surface area contributed by atoms with Crippen molar-refractivity contribution in [3.63, 3.8) is 0 Å². The highest BCUT2D eigenvalue weighted by Crippen LogP contribution is 2.43. The Kier molecular flexibility index (Phi) is 12.8. The molecule has 1 aliphatic rings. The fourth-order valence-electron chi connectivity index (χ4n) is 4.22. The van der Waals surface area contributed by atoms with Crippen molar-refractivity contribution in [1.29, 1.82) is 0 Å². The lowest BCUT2D eigenvalue weighted by Gasteiger charge is -2.41. The molecule has 1 fully saturated rings. The van der Waals surface area contributed by atoms with Crippen molar-refractivity contribution < 1.29 is 18.7 Å². The predicted molar refractivity (Wildman–Crippen MR) is 155 cm³/mol. The zero-order valence-corrected chi connectivity index (χ0v) is 25.7. The number of rotatable bonds is 6. The number of carbonyl (C=O) groups is 1. The molecule has 3 heterocycles. The Labute approximate surface area is 230 Å². The van der Waals surface area contributed by atoms with Gasteiger partial charge in [-0.3, -0.25) is 4.98 Å². The first kappa shape index (κ1) is 33.5. The highest BCUT2D eigenvalue weighted by atomic mass is 19.1. The monoisotopic (exact) mass is 531 g/mol. The van der Waals surface area contributed by atoms with Crippen molar-refractivity contribution in [2.24, 2.45) is 5.41 Å². The lowest BCUT2D eigenvalue weighted by atomic mass is 9.82. The Balaban J connectivity index is 0.00000172. The molecule has 214 valence electrons. The summed E-state index contributed by atoms with van der Waals surface area (Å²) < 4.78 is 25.6. The average molecular weight is 532 g/mol. The predicted octanol–water partition coefficient (Wildman–Crippen LogP) is 8.08. The normalized spacial score (nSPS) is 15.6. The van der Waals surface area contributed by atoms with Crippen LogP contribution in [0.25, 0.3) is 11.1 Å². The summed E-state index contributed by atoms with van der Waals surface area (Å²) in [5, 5.41) is 0. The van der Waals surface area contributed by atoms with Gasteiger partial charge < -0.3 is 14.4 Å². The summed E-state index contributed by atoms with van der Waals surface area (Å²) in [5.41, 5.74) is 3.46. The van der Waals surface area contributed by atoms with Gasteiger partial charge in [-0.25, -0.2) is 9.78 Å². The maximum Gasteiger partial charge on any atom is 0.340 e. The number of ether oxygens (including phenoxy) is 2. The third-order valence-corrected chi connectivity index (χ3v) is 6.06. The first-order valence-corrected chi connectivity index (χ1v) is 14.0. The van der Waals surface area contributed by atoms with Gasteiger partial charge in [0.15, 0.2) is 6.10 Å². The van der Waals surface area contributed by atoms with Crippen LogP contribution in [0.2, 0.25) is 0 Å². The van der Waals surface area contributed by atoms with Crippen LogP contribution in [0.3, 0.4) is 0 Å². The van der Waals surface area contributed by atoms with E-state index in [0.717, 1.165) is 42.7 Å². The van der Waals surface area contributed by atoms with Gasteiger partial charge in [0.25, 0.3) is 0 Å². The Hall–Kier alpha value is -2.54. The molecule has 6 nitrogen and oxygen atoms in total. The molecule has 0 aliphatic carbocycles. The molecule has 0 amide bonds. The second kappa shape index (κ2) is 14.6. The zero-order valence-electron chi connectivity index (χ0n) is 25.7. The van der Waals surface area contributed by atoms with E-state index >= 15 is 0 Å². The van der Waals surface area contributed by atoms with Gasteiger partial charge in [0.2, 0.25) is 5.95 Å². The highest BCUT2D eigenvalue weighted by molar-refractivity contribution is 5.87. The number of pyridine rings is 2. The van der Waals surface area contributed by atoms with Gasteiger partial charge in [0.1, 0.15) is 0 Å². The van der Waals surface area contributed by atoms with E-state index in [2.05, 4.69) is 28.7 Å². The van der Waals surface area contributed by atoms with Gasteiger partial charge >= 0.3 is 5.97 Å². The van der Waals surface area contributed by atoms with Crippen LogP contribution in [0.4, 0.5) is 10.1 Å².